The number of nitrogens with two attached hydrogens (primary N) is 1. The fraction of sp³-hybridized carbons (Fsp3) is 0.562. The Labute approximate surface area is 121 Å². The van der Waals surface area contributed by atoms with E-state index < -0.39 is 0 Å². The summed E-state index contributed by atoms with van der Waals surface area (Å²) in [7, 11) is 0. The van der Waals surface area contributed by atoms with Gasteiger partial charge in [0, 0.05) is 12.6 Å². The van der Waals surface area contributed by atoms with Crippen LogP contribution in [0.15, 0.2) is 35.5 Å². The van der Waals surface area contributed by atoms with Crippen molar-refractivity contribution in [1.29, 1.82) is 0 Å². The van der Waals surface area contributed by atoms with E-state index in [0.717, 1.165) is 18.7 Å². The lowest BCUT2D eigenvalue weighted by Crippen LogP contribution is -2.40. The van der Waals surface area contributed by atoms with Crippen molar-refractivity contribution in [3.63, 3.8) is 0 Å². The quantitative estimate of drug-likeness (QED) is 0.363. The van der Waals surface area contributed by atoms with E-state index in [1.807, 2.05) is 30.3 Å². The standard InChI is InChI=1S/C16H25N3O/c1-2-19(14-10-6-7-11-14)12-15(16(17)18-20)13-8-4-3-5-9-13/h3-5,8-9,14-15,20H,2,6-7,10-12H2,1H3,(H2,17,18). The SMILES string of the molecule is CCN(CC(C(N)=NO)c1ccccc1)C1CCCC1. The molecule has 1 aromatic carbocycles. The van der Waals surface area contributed by atoms with E-state index in [9.17, 15) is 0 Å². The number of hydrogen-bond acceptors (Lipinski definition) is 3. The molecule has 3 N–H and O–H groups in total. The van der Waals surface area contributed by atoms with Gasteiger partial charge in [-0.25, -0.2) is 0 Å². The Kier molecular flexibility index (Phi) is 5.41. The van der Waals surface area contributed by atoms with Crippen LogP contribution in [0.1, 0.15) is 44.1 Å². The van der Waals surface area contributed by atoms with Gasteiger partial charge in [0.2, 0.25) is 0 Å². The molecule has 4 nitrogen and oxygen atoms in total. The van der Waals surface area contributed by atoms with Gasteiger partial charge in [0.15, 0.2) is 0 Å². The fourth-order valence-electron chi connectivity index (χ4n) is 3.17. The summed E-state index contributed by atoms with van der Waals surface area (Å²) in [6, 6.07) is 10.7. The molecule has 1 aliphatic rings. The lowest BCUT2D eigenvalue weighted by Gasteiger charge is -2.31. The van der Waals surface area contributed by atoms with Crippen LogP contribution in [0.2, 0.25) is 0 Å². The van der Waals surface area contributed by atoms with Crippen molar-refractivity contribution in [1.82, 2.24) is 4.90 Å². The Morgan fingerprint density at radius 2 is 2.00 bits per heavy atom. The van der Waals surface area contributed by atoms with Crippen LogP contribution in [-0.2, 0) is 0 Å². The minimum atomic E-state index is -0.0400. The highest BCUT2D eigenvalue weighted by Crippen LogP contribution is 2.26. The smallest absolute Gasteiger partial charge is 0.147 e. The van der Waals surface area contributed by atoms with Gasteiger partial charge in [-0.1, -0.05) is 55.3 Å². The lowest BCUT2D eigenvalue weighted by molar-refractivity contribution is 0.205. The molecule has 0 amide bonds. The summed E-state index contributed by atoms with van der Waals surface area (Å²) in [6.07, 6.45) is 5.18. The summed E-state index contributed by atoms with van der Waals surface area (Å²) in [4.78, 5) is 2.47. The van der Waals surface area contributed by atoms with E-state index in [0.29, 0.717) is 11.9 Å². The van der Waals surface area contributed by atoms with Gasteiger partial charge in [0.05, 0.1) is 5.92 Å². The Hall–Kier alpha value is -1.55. The average Bonchev–Trinajstić information content (AvgIpc) is 3.03. The van der Waals surface area contributed by atoms with Crippen molar-refractivity contribution in [2.24, 2.45) is 10.9 Å². The zero-order valence-corrected chi connectivity index (χ0v) is 12.2. The molecule has 1 saturated carbocycles. The molecule has 0 spiro atoms. The Morgan fingerprint density at radius 1 is 1.35 bits per heavy atom. The number of benzene rings is 1. The molecule has 0 bridgehead atoms. The summed E-state index contributed by atoms with van der Waals surface area (Å²) in [5.41, 5.74) is 7.03. The molecular weight excluding hydrogens is 250 g/mol. The topological polar surface area (TPSA) is 61.8 Å². The molecule has 0 heterocycles. The van der Waals surface area contributed by atoms with Gasteiger partial charge in [-0.3, -0.25) is 4.90 Å². The predicted octanol–water partition coefficient (Wildman–Crippen LogP) is 2.78. The van der Waals surface area contributed by atoms with Crippen molar-refractivity contribution in [3.05, 3.63) is 35.9 Å². The van der Waals surface area contributed by atoms with E-state index >= 15 is 0 Å². The first kappa shape index (κ1) is 14.9. The van der Waals surface area contributed by atoms with E-state index in [1.165, 1.54) is 25.7 Å². The van der Waals surface area contributed by atoms with Crippen molar-refractivity contribution in [3.8, 4) is 0 Å². The van der Waals surface area contributed by atoms with Crippen LogP contribution in [0.3, 0.4) is 0 Å². The molecule has 110 valence electrons. The van der Waals surface area contributed by atoms with Crippen LogP contribution >= 0.6 is 0 Å². The second-order valence-corrected chi connectivity index (χ2v) is 5.51. The minimum absolute atomic E-state index is 0.0400. The number of likely N-dealkylation sites (N-methyl/N-ethyl adjacent to an activating group) is 1. The van der Waals surface area contributed by atoms with E-state index in [-0.39, 0.29) is 5.92 Å². The monoisotopic (exact) mass is 275 g/mol. The average molecular weight is 275 g/mol. The van der Waals surface area contributed by atoms with Crippen LogP contribution < -0.4 is 5.73 Å². The minimum Gasteiger partial charge on any atom is -0.409 e. The molecule has 4 heteroatoms. The second kappa shape index (κ2) is 7.29. The van der Waals surface area contributed by atoms with Gasteiger partial charge < -0.3 is 10.9 Å². The lowest BCUT2D eigenvalue weighted by atomic mass is 9.96. The van der Waals surface area contributed by atoms with Crippen molar-refractivity contribution in [2.75, 3.05) is 13.1 Å². The number of hydrogen-bond donors (Lipinski definition) is 2. The van der Waals surface area contributed by atoms with Gasteiger partial charge in [0.1, 0.15) is 5.84 Å². The first-order chi connectivity index (χ1) is 9.76. The molecule has 20 heavy (non-hydrogen) atoms. The molecule has 1 aliphatic carbocycles. The van der Waals surface area contributed by atoms with Crippen LogP contribution in [0, 0.1) is 0 Å². The highest BCUT2D eigenvalue weighted by Gasteiger charge is 2.26. The third-order valence-corrected chi connectivity index (χ3v) is 4.34. The Bertz CT molecular complexity index is 427. The van der Waals surface area contributed by atoms with Gasteiger partial charge in [-0.05, 0) is 24.9 Å². The molecule has 0 aliphatic heterocycles. The summed E-state index contributed by atoms with van der Waals surface area (Å²) in [5.74, 6) is 0.259. The molecule has 2 rings (SSSR count). The molecule has 0 saturated heterocycles. The molecular formula is C16H25N3O. The Balaban J connectivity index is 2.14. The summed E-state index contributed by atoms with van der Waals surface area (Å²) < 4.78 is 0. The number of rotatable bonds is 6. The van der Waals surface area contributed by atoms with Crippen LogP contribution in [0.4, 0.5) is 0 Å². The highest BCUT2D eigenvalue weighted by molar-refractivity contribution is 5.87. The van der Waals surface area contributed by atoms with Crippen LogP contribution in [-0.4, -0.2) is 35.1 Å². The first-order valence-corrected chi connectivity index (χ1v) is 7.52. The third kappa shape index (κ3) is 3.51. The van der Waals surface area contributed by atoms with Crippen molar-refractivity contribution >= 4 is 5.84 Å². The summed E-state index contributed by atoms with van der Waals surface area (Å²) >= 11 is 0. The zero-order valence-electron chi connectivity index (χ0n) is 12.2. The van der Waals surface area contributed by atoms with Gasteiger partial charge >= 0.3 is 0 Å². The van der Waals surface area contributed by atoms with E-state index in [2.05, 4.69) is 17.0 Å². The van der Waals surface area contributed by atoms with Gasteiger partial charge in [-0.2, -0.15) is 0 Å². The number of oxime groups is 1. The summed E-state index contributed by atoms with van der Waals surface area (Å²) in [6.45, 7) is 4.01. The molecule has 0 radical (unpaired) electrons. The maximum atomic E-state index is 9.06. The summed E-state index contributed by atoms with van der Waals surface area (Å²) in [5, 5.41) is 12.3. The molecule has 0 aromatic heterocycles. The Morgan fingerprint density at radius 3 is 2.55 bits per heavy atom. The number of nitrogens with zero attached hydrogens (tertiary/aromatic N) is 2. The van der Waals surface area contributed by atoms with Crippen LogP contribution in [0.25, 0.3) is 0 Å². The molecule has 1 aromatic rings. The van der Waals surface area contributed by atoms with Gasteiger partial charge in [-0.15, -0.1) is 0 Å². The zero-order chi connectivity index (χ0) is 14.4. The van der Waals surface area contributed by atoms with Crippen molar-refractivity contribution < 1.29 is 5.21 Å². The van der Waals surface area contributed by atoms with Crippen molar-refractivity contribution in [2.45, 2.75) is 44.6 Å². The van der Waals surface area contributed by atoms with Gasteiger partial charge in [0.25, 0.3) is 0 Å². The molecule has 1 fully saturated rings. The number of amidine groups is 1. The highest BCUT2D eigenvalue weighted by atomic mass is 16.4. The second-order valence-electron chi connectivity index (χ2n) is 5.51. The normalized spacial score (nSPS) is 18.6. The molecule has 1 atom stereocenters. The van der Waals surface area contributed by atoms with Crippen LogP contribution in [0.5, 0.6) is 0 Å². The maximum Gasteiger partial charge on any atom is 0.147 e. The largest absolute Gasteiger partial charge is 0.409 e. The molecule has 1 unspecified atom stereocenters. The van der Waals surface area contributed by atoms with E-state index in [1.54, 1.807) is 0 Å². The van der Waals surface area contributed by atoms with E-state index in [4.69, 9.17) is 10.9 Å². The maximum absolute atomic E-state index is 9.06. The predicted molar refractivity (Wildman–Crippen MR) is 82.1 cm³/mol. The third-order valence-electron chi connectivity index (χ3n) is 4.34. The fourth-order valence-corrected chi connectivity index (χ4v) is 3.17. The first-order valence-electron chi connectivity index (χ1n) is 7.52.